The second kappa shape index (κ2) is 9.41. The van der Waals surface area contributed by atoms with E-state index in [1.165, 1.54) is 31.3 Å². The Morgan fingerprint density at radius 3 is 2.44 bits per heavy atom. The van der Waals surface area contributed by atoms with Crippen LogP contribution in [0.1, 0.15) is 5.56 Å². The van der Waals surface area contributed by atoms with E-state index in [0.29, 0.717) is 15.8 Å². The predicted molar refractivity (Wildman–Crippen MR) is 106 cm³/mol. The number of halogens is 2. The van der Waals surface area contributed by atoms with Crippen LogP contribution in [0, 0.1) is 6.92 Å². The number of hydrogen-bond acceptors (Lipinski definition) is 4. The van der Waals surface area contributed by atoms with E-state index in [1.807, 2.05) is 13.0 Å². The second-order valence-corrected chi connectivity index (χ2v) is 8.71. The highest BCUT2D eigenvalue weighted by atomic mass is 35.5. The number of likely N-dealkylation sites (N-methyl/N-ethyl adjacent to an activating group) is 1. The van der Waals surface area contributed by atoms with Crippen molar-refractivity contribution in [1.82, 2.24) is 9.62 Å². The van der Waals surface area contributed by atoms with Crippen LogP contribution < -0.4 is 10.1 Å². The van der Waals surface area contributed by atoms with Gasteiger partial charge in [-0.25, -0.2) is 8.42 Å². The Balaban J connectivity index is 1.80. The molecule has 6 nitrogen and oxygen atoms in total. The molecule has 0 saturated heterocycles. The molecule has 1 amide bonds. The highest BCUT2D eigenvalue weighted by Gasteiger charge is 2.22. The lowest BCUT2D eigenvalue weighted by atomic mass is 10.2. The Bertz CT molecular complexity index is 902. The van der Waals surface area contributed by atoms with Crippen molar-refractivity contribution in [2.45, 2.75) is 11.8 Å². The lowest BCUT2D eigenvalue weighted by Gasteiger charge is -2.17. The maximum absolute atomic E-state index is 12.4. The third kappa shape index (κ3) is 6.10. The smallest absolute Gasteiger partial charge is 0.243 e. The molecule has 0 unspecified atom stereocenters. The maximum atomic E-state index is 12.4. The molecule has 9 heteroatoms. The average Bonchev–Trinajstić information content (AvgIpc) is 2.62. The number of sulfonamides is 1. The van der Waals surface area contributed by atoms with Crippen molar-refractivity contribution >= 4 is 39.1 Å². The van der Waals surface area contributed by atoms with Gasteiger partial charge in [-0.15, -0.1) is 0 Å². The Labute approximate surface area is 169 Å². The van der Waals surface area contributed by atoms with Crippen LogP contribution >= 0.6 is 23.2 Å². The van der Waals surface area contributed by atoms with Crippen molar-refractivity contribution < 1.29 is 17.9 Å². The van der Waals surface area contributed by atoms with Crippen molar-refractivity contribution in [3.05, 3.63) is 58.1 Å². The number of aryl methyl sites for hydroxylation is 1. The number of carbonyl (C=O) groups is 1. The molecule has 0 bridgehead atoms. The summed E-state index contributed by atoms with van der Waals surface area (Å²) in [7, 11) is -2.42. The number of rotatable bonds is 8. The molecule has 27 heavy (non-hydrogen) atoms. The van der Waals surface area contributed by atoms with Gasteiger partial charge in [0.15, 0.2) is 0 Å². The van der Waals surface area contributed by atoms with E-state index in [-0.39, 0.29) is 24.6 Å². The fraction of sp³-hybridized carbons (Fsp3) is 0.278. The molecule has 0 aromatic heterocycles. The van der Waals surface area contributed by atoms with Gasteiger partial charge in [-0.3, -0.25) is 4.79 Å². The first-order chi connectivity index (χ1) is 12.7. The number of nitrogens with one attached hydrogen (secondary N) is 1. The summed E-state index contributed by atoms with van der Waals surface area (Å²) in [5, 5.41) is 3.66. The van der Waals surface area contributed by atoms with Crippen LogP contribution in [-0.2, 0) is 14.8 Å². The third-order valence-corrected chi connectivity index (χ3v) is 6.20. The monoisotopic (exact) mass is 430 g/mol. The molecule has 2 aromatic rings. The number of amides is 1. The number of nitrogens with zero attached hydrogens (tertiary/aromatic N) is 1. The summed E-state index contributed by atoms with van der Waals surface area (Å²) in [6, 6.07) is 11.1. The van der Waals surface area contributed by atoms with Gasteiger partial charge in [-0.05, 0) is 48.9 Å². The summed E-state index contributed by atoms with van der Waals surface area (Å²) in [6.45, 7) is 2.06. The third-order valence-electron chi connectivity index (χ3n) is 3.72. The SMILES string of the molecule is Cc1ccc(OCCNC(=O)CN(C)S(=O)(=O)c2ccc(Cl)cc2)cc1Cl. The standard InChI is InChI=1S/C18H20Cl2N2O4S/c1-13-3-6-15(11-17(13)20)26-10-9-21-18(23)12-22(2)27(24,25)16-7-4-14(19)5-8-16/h3-8,11H,9-10,12H2,1-2H3,(H,21,23). The zero-order chi connectivity index (χ0) is 20.0. The molecule has 0 aliphatic heterocycles. The van der Waals surface area contributed by atoms with Gasteiger partial charge in [0.2, 0.25) is 15.9 Å². The molecule has 0 atom stereocenters. The van der Waals surface area contributed by atoms with Crippen LogP contribution in [-0.4, -0.2) is 45.4 Å². The largest absolute Gasteiger partial charge is 0.492 e. The van der Waals surface area contributed by atoms with E-state index < -0.39 is 15.9 Å². The van der Waals surface area contributed by atoms with Crippen molar-refractivity contribution in [3.63, 3.8) is 0 Å². The topological polar surface area (TPSA) is 75.7 Å². The van der Waals surface area contributed by atoms with Crippen LogP contribution in [0.5, 0.6) is 5.75 Å². The summed E-state index contributed by atoms with van der Waals surface area (Å²) in [6.07, 6.45) is 0. The fourth-order valence-electron chi connectivity index (χ4n) is 2.15. The highest BCUT2D eigenvalue weighted by molar-refractivity contribution is 7.89. The predicted octanol–water partition coefficient (Wildman–Crippen LogP) is 3.12. The average molecular weight is 431 g/mol. The number of ether oxygens (including phenoxy) is 1. The van der Waals surface area contributed by atoms with Crippen LogP contribution in [0.15, 0.2) is 47.4 Å². The van der Waals surface area contributed by atoms with Crippen LogP contribution in [0.25, 0.3) is 0 Å². The van der Waals surface area contributed by atoms with Crippen LogP contribution in [0.4, 0.5) is 0 Å². The van der Waals surface area contributed by atoms with Gasteiger partial charge in [0.25, 0.3) is 0 Å². The van der Waals surface area contributed by atoms with Gasteiger partial charge in [0, 0.05) is 17.1 Å². The Morgan fingerprint density at radius 1 is 1.15 bits per heavy atom. The summed E-state index contributed by atoms with van der Waals surface area (Å²) < 4.78 is 31.3. The molecule has 0 heterocycles. The normalized spacial score (nSPS) is 11.4. The molecule has 2 aromatic carbocycles. The van der Waals surface area contributed by atoms with Gasteiger partial charge in [-0.1, -0.05) is 29.3 Å². The highest BCUT2D eigenvalue weighted by Crippen LogP contribution is 2.21. The number of hydrogen-bond donors (Lipinski definition) is 1. The first-order valence-corrected chi connectivity index (χ1v) is 10.3. The summed E-state index contributed by atoms with van der Waals surface area (Å²) in [5.41, 5.74) is 0.947. The molecule has 146 valence electrons. The number of benzene rings is 2. The van der Waals surface area contributed by atoms with Gasteiger partial charge >= 0.3 is 0 Å². The van der Waals surface area contributed by atoms with Crippen molar-refractivity contribution in [2.75, 3.05) is 26.7 Å². The Hall–Kier alpha value is -1.80. The molecule has 0 aliphatic rings. The van der Waals surface area contributed by atoms with Crippen LogP contribution in [0.2, 0.25) is 10.0 Å². The molecule has 0 spiro atoms. The molecular formula is C18H20Cl2N2O4S. The van der Waals surface area contributed by atoms with Gasteiger partial charge in [0.1, 0.15) is 12.4 Å². The van der Waals surface area contributed by atoms with Crippen molar-refractivity contribution in [2.24, 2.45) is 0 Å². The van der Waals surface area contributed by atoms with E-state index in [4.69, 9.17) is 27.9 Å². The number of carbonyl (C=O) groups excluding carboxylic acids is 1. The summed E-state index contributed by atoms with van der Waals surface area (Å²) >= 11 is 11.8. The first kappa shape index (κ1) is 21.5. The zero-order valence-electron chi connectivity index (χ0n) is 14.9. The Kier molecular flexibility index (Phi) is 7.49. The summed E-state index contributed by atoms with van der Waals surface area (Å²) in [5.74, 6) is 0.169. The molecule has 0 aliphatic carbocycles. The molecule has 1 N–H and O–H groups in total. The van der Waals surface area contributed by atoms with Crippen LogP contribution in [0.3, 0.4) is 0 Å². The van der Waals surface area contributed by atoms with Crippen molar-refractivity contribution in [3.8, 4) is 5.75 Å². The van der Waals surface area contributed by atoms with Crippen molar-refractivity contribution in [1.29, 1.82) is 0 Å². The molecule has 2 rings (SSSR count). The van der Waals surface area contributed by atoms with E-state index in [1.54, 1.807) is 12.1 Å². The minimum absolute atomic E-state index is 0.0711. The minimum atomic E-state index is -3.77. The van der Waals surface area contributed by atoms with Gasteiger partial charge in [-0.2, -0.15) is 4.31 Å². The lowest BCUT2D eigenvalue weighted by molar-refractivity contribution is -0.121. The lowest BCUT2D eigenvalue weighted by Crippen LogP contribution is -2.39. The van der Waals surface area contributed by atoms with Gasteiger partial charge < -0.3 is 10.1 Å². The second-order valence-electron chi connectivity index (χ2n) is 5.82. The van der Waals surface area contributed by atoms with E-state index in [0.717, 1.165) is 9.87 Å². The zero-order valence-corrected chi connectivity index (χ0v) is 17.2. The fourth-order valence-corrected chi connectivity index (χ4v) is 3.58. The Morgan fingerprint density at radius 2 is 1.81 bits per heavy atom. The van der Waals surface area contributed by atoms with E-state index >= 15 is 0 Å². The summed E-state index contributed by atoms with van der Waals surface area (Å²) in [4.78, 5) is 12.1. The maximum Gasteiger partial charge on any atom is 0.243 e. The molecule has 0 saturated carbocycles. The molecule has 0 radical (unpaired) electrons. The molecule has 0 fully saturated rings. The van der Waals surface area contributed by atoms with E-state index in [2.05, 4.69) is 5.32 Å². The first-order valence-electron chi connectivity index (χ1n) is 8.07. The minimum Gasteiger partial charge on any atom is -0.492 e. The van der Waals surface area contributed by atoms with Gasteiger partial charge in [0.05, 0.1) is 18.0 Å². The van der Waals surface area contributed by atoms with E-state index in [9.17, 15) is 13.2 Å². The molecular weight excluding hydrogens is 411 g/mol. The quantitative estimate of drug-likeness (QED) is 0.652.